The number of sulfonamides is 1. The van der Waals surface area contributed by atoms with Crippen molar-refractivity contribution in [2.24, 2.45) is 0 Å². The van der Waals surface area contributed by atoms with Gasteiger partial charge in [0.1, 0.15) is 10.7 Å². The molecule has 0 unspecified atom stereocenters. The van der Waals surface area contributed by atoms with Gasteiger partial charge in [-0.1, -0.05) is 0 Å². The molecule has 2 aromatic rings. The van der Waals surface area contributed by atoms with Crippen LogP contribution in [0.2, 0.25) is 0 Å². The Balaban J connectivity index is 2.10. The fourth-order valence-electron chi connectivity index (χ4n) is 1.66. The smallest absolute Gasteiger partial charge is 0.335 e. The Morgan fingerprint density at radius 2 is 2.19 bits per heavy atom. The molecule has 1 aromatic carbocycles. The highest BCUT2D eigenvalue weighted by Crippen LogP contribution is 2.16. The first kappa shape index (κ1) is 15.1. The Labute approximate surface area is 120 Å². The minimum atomic E-state index is -4.05. The molecule has 0 spiro atoms. The number of nitrogens with one attached hydrogen (secondary N) is 1. The van der Waals surface area contributed by atoms with E-state index in [2.05, 4.69) is 9.82 Å². The van der Waals surface area contributed by atoms with Crippen LogP contribution in [0.15, 0.2) is 41.6 Å². The highest BCUT2D eigenvalue weighted by Gasteiger charge is 2.20. The number of rotatable bonds is 6. The van der Waals surface area contributed by atoms with Gasteiger partial charge in [0.05, 0.1) is 12.1 Å². The summed E-state index contributed by atoms with van der Waals surface area (Å²) in [4.78, 5) is 10.1. The molecule has 0 fully saturated rings. The van der Waals surface area contributed by atoms with Gasteiger partial charge < -0.3 is 5.11 Å². The van der Waals surface area contributed by atoms with E-state index in [4.69, 9.17) is 5.11 Å². The summed E-state index contributed by atoms with van der Waals surface area (Å²) >= 11 is 0. The monoisotopic (exact) mass is 313 g/mol. The van der Waals surface area contributed by atoms with Gasteiger partial charge in [-0.25, -0.2) is 22.3 Å². The molecule has 0 saturated carbocycles. The van der Waals surface area contributed by atoms with Crippen LogP contribution in [0.3, 0.4) is 0 Å². The van der Waals surface area contributed by atoms with Gasteiger partial charge in [-0.3, -0.25) is 4.68 Å². The number of aromatic nitrogens is 2. The minimum Gasteiger partial charge on any atom is -0.478 e. The fourth-order valence-corrected chi connectivity index (χ4v) is 2.74. The third kappa shape index (κ3) is 3.64. The van der Waals surface area contributed by atoms with Crippen LogP contribution >= 0.6 is 0 Å². The molecule has 0 atom stereocenters. The molecule has 9 heteroatoms. The topological polar surface area (TPSA) is 101 Å². The van der Waals surface area contributed by atoms with Crippen LogP contribution in [-0.2, 0) is 16.6 Å². The standard InChI is InChI=1S/C12H12FN3O4S/c13-10-8-9(12(17)18)2-3-11(10)21(19,20)15-5-7-16-6-1-4-14-16/h1-4,6,8,15H,5,7H2,(H,17,18). The Hall–Kier alpha value is -2.26. The van der Waals surface area contributed by atoms with E-state index in [1.54, 1.807) is 18.5 Å². The summed E-state index contributed by atoms with van der Waals surface area (Å²) in [6.07, 6.45) is 3.22. The van der Waals surface area contributed by atoms with Crippen LogP contribution in [0.1, 0.15) is 10.4 Å². The van der Waals surface area contributed by atoms with Crippen molar-refractivity contribution in [3.63, 3.8) is 0 Å². The van der Waals surface area contributed by atoms with E-state index in [9.17, 15) is 17.6 Å². The van der Waals surface area contributed by atoms with Gasteiger partial charge in [0.25, 0.3) is 0 Å². The summed E-state index contributed by atoms with van der Waals surface area (Å²) < 4.78 is 41.3. The van der Waals surface area contributed by atoms with Crippen LogP contribution in [0.5, 0.6) is 0 Å². The highest BCUT2D eigenvalue weighted by atomic mass is 32.2. The number of hydrogen-bond donors (Lipinski definition) is 2. The Morgan fingerprint density at radius 3 is 2.76 bits per heavy atom. The molecule has 0 aliphatic carbocycles. The Kier molecular flexibility index (Phi) is 4.34. The maximum atomic E-state index is 13.7. The predicted molar refractivity (Wildman–Crippen MR) is 70.8 cm³/mol. The minimum absolute atomic E-state index is 0.0319. The maximum Gasteiger partial charge on any atom is 0.335 e. The average Bonchev–Trinajstić information content (AvgIpc) is 2.91. The van der Waals surface area contributed by atoms with E-state index in [0.29, 0.717) is 12.6 Å². The van der Waals surface area contributed by atoms with Gasteiger partial charge in [0, 0.05) is 18.9 Å². The summed E-state index contributed by atoms with van der Waals surface area (Å²) in [5.41, 5.74) is -0.317. The third-order valence-electron chi connectivity index (χ3n) is 2.66. The molecule has 0 aliphatic rings. The largest absolute Gasteiger partial charge is 0.478 e. The van der Waals surface area contributed by atoms with Crippen LogP contribution in [-0.4, -0.2) is 35.8 Å². The molecule has 2 rings (SSSR count). The maximum absolute atomic E-state index is 13.7. The normalized spacial score (nSPS) is 11.5. The first-order valence-corrected chi connectivity index (χ1v) is 7.38. The molecule has 1 aromatic heterocycles. The number of aromatic carboxylic acids is 1. The summed E-state index contributed by atoms with van der Waals surface area (Å²) in [6.45, 7) is 0.325. The molecule has 0 saturated heterocycles. The van der Waals surface area contributed by atoms with Gasteiger partial charge in [0.2, 0.25) is 10.0 Å². The molecule has 21 heavy (non-hydrogen) atoms. The van der Waals surface area contributed by atoms with Crippen molar-refractivity contribution >= 4 is 16.0 Å². The second kappa shape index (κ2) is 6.02. The van der Waals surface area contributed by atoms with E-state index < -0.39 is 26.7 Å². The first-order valence-electron chi connectivity index (χ1n) is 5.90. The van der Waals surface area contributed by atoms with Crippen molar-refractivity contribution in [3.05, 3.63) is 48.0 Å². The van der Waals surface area contributed by atoms with Crippen molar-refractivity contribution in [1.82, 2.24) is 14.5 Å². The average molecular weight is 313 g/mol. The molecule has 7 nitrogen and oxygen atoms in total. The van der Waals surface area contributed by atoms with Crippen molar-refractivity contribution in [3.8, 4) is 0 Å². The molecule has 0 radical (unpaired) electrons. The predicted octanol–water partition coefficient (Wildman–Crippen LogP) is 0.699. The lowest BCUT2D eigenvalue weighted by Crippen LogP contribution is -2.28. The molecule has 0 amide bonds. The lowest BCUT2D eigenvalue weighted by Gasteiger charge is -2.08. The van der Waals surface area contributed by atoms with Gasteiger partial charge >= 0.3 is 5.97 Å². The Bertz CT molecular complexity index is 744. The summed E-state index contributed by atoms with van der Waals surface area (Å²) in [5, 5.41) is 12.6. The summed E-state index contributed by atoms with van der Waals surface area (Å²) in [5.74, 6) is -2.44. The highest BCUT2D eigenvalue weighted by molar-refractivity contribution is 7.89. The zero-order chi connectivity index (χ0) is 15.5. The first-order chi connectivity index (χ1) is 9.90. The van der Waals surface area contributed by atoms with E-state index in [1.807, 2.05) is 0 Å². The number of carboxylic acids is 1. The van der Waals surface area contributed by atoms with Crippen molar-refractivity contribution in [2.45, 2.75) is 11.4 Å². The van der Waals surface area contributed by atoms with Gasteiger partial charge in [-0.15, -0.1) is 0 Å². The lowest BCUT2D eigenvalue weighted by atomic mass is 10.2. The number of carbonyl (C=O) groups is 1. The quantitative estimate of drug-likeness (QED) is 0.817. The van der Waals surface area contributed by atoms with Crippen molar-refractivity contribution < 1.29 is 22.7 Å². The van der Waals surface area contributed by atoms with E-state index >= 15 is 0 Å². The number of halogens is 1. The molecular formula is C12H12FN3O4S. The third-order valence-corrected chi connectivity index (χ3v) is 4.15. The second-order valence-corrected chi connectivity index (χ2v) is 5.85. The van der Waals surface area contributed by atoms with E-state index in [1.165, 1.54) is 4.68 Å². The molecule has 1 heterocycles. The molecule has 112 valence electrons. The van der Waals surface area contributed by atoms with Crippen molar-refractivity contribution in [2.75, 3.05) is 6.54 Å². The zero-order valence-electron chi connectivity index (χ0n) is 10.7. The number of benzene rings is 1. The molecule has 2 N–H and O–H groups in total. The lowest BCUT2D eigenvalue weighted by molar-refractivity contribution is 0.0696. The Morgan fingerprint density at radius 1 is 1.43 bits per heavy atom. The number of hydrogen-bond acceptors (Lipinski definition) is 4. The van der Waals surface area contributed by atoms with Crippen LogP contribution < -0.4 is 4.72 Å². The molecule has 0 aliphatic heterocycles. The zero-order valence-corrected chi connectivity index (χ0v) is 11.5. The van der Waals surface area contributed by atoms with Gasteiger partial charge in [-0.2, -0.15) is 5.10 Å². The van der Waals surface area contributed by atoms with Gasteiger partial charge in [-0.05, 0) is 24.3 Å². The van der Waals surface area contributed by atoms with E-state index in [-0.39, 0.29) is 12.1 Å². The molecule has 0 bridgehead atoms. The van der Waals surface area contributed by atoms with E-state index in [0.717, 1.165) is 12.1 Å². The number of nitrogens with zero attached hydrogens (tertiary/aromatic N) is 2. The van der Waals surface area contributed by atoms with Crippen LogP contribution in [0.25, 0.3) is 0 Å². The van der Waals surface area contributed by atoms with Gasteiger partial charge in [0.15, 0.2) is 0 Å². The summed E-state index contributed by atoms with van der Waals surface area (Å²) in [7, 11) is -4.05. The fraction of sp³-hybridized carbons (Fsp3) is 0.167. The summed E-state index contributed by atoms with van der Waals surface area (Å²) in [6, 6.07) is 4.33. The van der Waals surface area contributed by atoms with Crippen molar-refractivity contribution in [1.29, 1.82) is 0 Å². The second-order valence-electron chi connectivity index (χ2n) is 4.12. The molecular weight excluding hydrogens is 301 g/mol. The van der Waals surface area contributed by atoms with Crippen LogP contribution in [0, 0.1) is 5.82 Å². The van der Waals surface area contributed by atoms with Crippen LogP contribution in [0.4, 0.5) is 4.39 Å². The SMILES string of the molecule is O=C(O)c1ccc(S(=O)(=O)NCCn2cccn2)c(F)c1. The number of carboxylic acid groups (broad SMARTS) is 1.